The van der Waals surface area contributed by atoms with Gasteiger partial charge in [0.15, 0.2) is 0 Å². The monoisotopic (exact) mass is 157 g/mol. The molecule has 0 aromatic carbocycles. The standard InChI is InChI=1S/C8H12ClN/c1-4-8(5-2)10-6-7(3)9/h1,8,10H,3,5-6H2,2H3. The predicted molar refractivity (Wildman–Crippen MR) is 45.9 cm³/mol. The SMILES string of the molecule is C#CC(CC)NCC(=C)Cl. The number of rotatable bonds is 4. The minimum atomic E-state index is 0.121. The van der Waals surface area contributed by atoms with Crippen LogP contribution in [0.4, 0.5) is 0 Å². The highest BCUT2D eigenvalue weighted by molar-refractivity contribution is 6.29. The number of terminal acetylenes is 1. The first-order valence-electron chi connectivity index (χ1n) is 3.23. The third kappa shape index (κ3) is 4.43. The van der Waals surface area contributed by atoms with Crippen molar-refractivity contribution in [1.82, 2.24) is 5.32 Å². The molecule has 2 heteroatoms. The van der Waals surface area contributed by atoms with Crippen LogP contribution in [0.2, 0.25) is 0 Å². The van der Waals surface area contributed by atoms with Gasteiger partial charge in [0.25, 0.3) is 0 Å². The van der Waals surface area contributed by atoms with Crippen molar-refractivity contribution in [3.05, 3.63) is 11.6 Å². The third-order valence-electron chi connectivity index (χ3n) is 1.15. The molecule has 0 amide bonds. The van der Waals surface area contributed by atoms with Crippen molar-refractivity contribution in [2.75, 3.05) is 6.54 Å². The van der Waals surface area contributed by atoms with Crippen molar-refractivity contribution in [3.8, 4) is 12.3 Å². The van der Waals surface area contributed by atoms with E-state index in [-0.39, 0.29) is 6.04 Å². The molecular formula is C8H12ClN. The van der Waals surface area contributed by atoms with Gasteiger partial charge < -0.3 is 0 Å². The van der Waals surface area contributed by atoms with Gasteiger partial charge in [0.05, 0.1) is 6.04 Å². The minimum absolute atomic E-state index is 0.121. The summed E-state index contributed by atoms with van der Waals surface area (Å²) in [4.78, 5) is 0. The summed E-state index contributed by atoms with van der Waals surface area (Å²) >= 11 is 5.51. The second-order valence-corrected chi connectivity index (χ2v) is 2.56. The molecular weight excluding hydrogens is 146 g/mol. The van der Waals surface area contributed by atoms with Crippen LogP contribution in [-0.2, 0) is 0 Å². The zero-order valence-electron chi connectivity index (χ0n) is 6.15. The average molecular weight is 158 g/mol. The van der Waals surface area contributed by atoms with Crippen LogP contribution in [0.25, 0.3) is 0 Å². The van der Waals surface area contributed by atoms with E-state index in [1.54, 1.807) is 0 Å². The molecule has 0 aliphatic carbocycles. The van der Waals surface area contributed by atoms with Gasteiger partial charge in [0.2, 0.25) is 0 Å². The Morgan fingerprint density at radius 2 is 2.50 bits per heavy atom. The molecule has 1 nitrogen and oxygen atoms in total. The summed E-state index contributed by atoms with van der Waals surface area (Å²) in [7, 11) is 0. The summed E-state index contributed by atoms with van der Waals surface area (Å²) in [6.45, 7) is 6.14. The first-order chi connectivity index (χ1) is 4.70. The molecule has 0 fully saturated rings. The fourth-order valence-electron chi connectivity index (χ4n) is 0.555. The lowest BCUT2D eigenvalue weighted by Gasteiger charge is -2.08. The molecule has 0 heterocycles. The zero-order valence-corrected chi connectivity index (χ0v) is 6.91. The van der Waals surface area contributed by atoms with Gasteiger partial charge in [-0.15, -0.1) is 6.42 Å². The molecule has 10 heavy (non-hydrogen) atoms. The van der Waals surface area contributed by atoms with Gasteiger partial charge in [-0.25, -0.2) is 0 Å². The largest absolute Gasteiger partial charge is 0.299 e. The van der Waals surface area contributed by atoms with E-state index in [0.29, 0.717) is 11.6 Å². The fraction of sp³-hybridized carbons (Fsp3) is 0.500. The van der Waals surface area contributed by atoms with Gasteiger partial charge >= 0.3 is 0 Å². The second kappa shape index (κ2) is 5.34. The lowest BCUT2D eigenvalue weighted by atomic mass is 10.2. The molecule has 0 saturated carbocycles. The zero-order chi connectivity index (χ0) is 7.98. The summed E-state index contributed by atoms with van der Waals surface area (Å²) in [6.07, 6.45) is 6.10. The molecule has 0 saturated heterocycles. The minimum Gasteiger partial charge on any atom is -0.299 e. The normalized spacial score (nSPS) is 12.1. The maximum absolute atomic E-state index is 5.51. The average Bonchev–Trinajstić information content (AvgIpc) is 1.90. The number of hydrogen-bond donors (Lipinski definition) is 1. The highest BCUT2D eigenvalue weighted by Crippen LogP contribution is 1.95. The predicted octanol–water partition coefficient (Wildman–Crippen LogP) is 1.74. The Bertz CT molecular complexity index is 146. The molecule has 0 aromatic rings. The van der Waals surface area contributed by atoms with Crippen molar-refractivity contribution >= 4 is 11.6 Å². The molecule has 0 aliphatic heterocycles. The summed E-state index contributed by atoms with van der Waals surface area (Å²) in [6, 6.07) is 0.121. The maximum atomic E-state index is 5.51. The fourth-order valence-corrected chi connectivity index (χ4v) is 0.632. The van der Waals surface area contributed by atoms with Crippen molar-refractivity contribution in [2.45, 2.75) is 19.4 Å². The maximum Gasteiger partial charge on any atom is 0.0687 e. The molecule has 0 rings (SSSR count). The van der Waals surface area contributed by atoms with E-state index in [9.17, 15) is 0 Å². The summed E-state index contributed by atoms with van der Waals surface area (Å²) < 4.78 is 0. The van der Waals surface area contributed by atoms with Gasteiger partial charge in [0, 0.05) is 11.6 Å². The Morgan fingerprint density at radius 1 is 1.90 bits per heavy atom. The summed E-state index contributed by atoms with van der Waals surface area (Å²) in [5.74, 6) is 2.60. The van der Waals surface area contributed by atoms with E-state index in [1.165, 1.54) is 0 Å². The van der Waals surface area contributed by atoms with Gasteiger partial charge in [-0.1, -0.05) is 31.0 Å². The quantitative estimate of drug-likeness (QED) is 0.613. The van der Waals surface area contributed by atoms with E-state index in [1.807, 2.05) is 6.92 Å². The van der Waals surface area contributed by atoms with Crippen LogP contribution >= 0.6 is 11.6 Å². The highest BCUT2D eigenvalue weighted by atomic mass is 35.5. The Morgan fingerprint density at radius 3 is 2.80 bits per heavy atom. The summed E-state index contributed by atoms with van der Waals surface area (Å²) in [5.41, 5.74) is 0. The lowest BCUT2D eigenvalue weighted by Crippen LogP contribution is -2.27. The van der Waals surface area contributed by atoms with Gasteiger partial charge in [-0.05, 0) is 6.42 Å². The van der Waals surface area contributed by atoms with Crippen molar-refractivity contribution in [2.24, 2.45) is 0 Å². The van der Waals surface area contributed by atoms with Crippen LogP contribution in [0.3, 0.4) is 0 Å². The third-order valence-corrected chi connectivity index (χ3v) is 1.28. The van der Waals surface area contributed by atoms with E-state index >= 15 is 0 Å². The summed E-state index contributed by atoms with van der Waals surface area (Å²) in [5, 5.41) is 3.64. The Hall–Kier alpha value is -0.450. The Labute approximate surface area is 67.5 Å². The lowest BCUT2D eigenvalue weighted by molar-refractivity contribution is 0.631. The van der Waals surface area contributed by atoms with Gasteiger partial charge in [-0.2, -0.15) is 0 Å². The Kier molecular flexibility index (Phi) is 5.10. The topological polar surface area (TPSA) is 12.0 Å². The van der Waals surface area contributed by atoms with E-state index in [4.69, 9.17) is 18.0 Å². The molecule has 1 atom stereocenters. The molecule has 56 valence electrons. The van der Waals surface area contributed by atoms with E-state index in [2.05, 4.69) is 17.8 Å². The van der Waals surface area contributed by atoms with Crippen molar-refractivity contribution in [3.63, 3.8) is 0 Å². The first kappa shape index (κ1) is 9.55. The van der Waals surface area contributed by atoms with Crippen LogP contribution in [0.15, 0.2) is 11.6 Å². The van der Waals surface area contributed by atoms with Crippen LogP contribution in [-0.4, -0.2) is 12.6 Å². The second-order valence-electron chi connectivity index (χ2n) is 2.03. The molecule has 0 radical (unpaired) electrons. The van der Waals surface area contributed by atoms with Crippen LogP contribution in [0, 0.1) is 12.3 Å². The van der Waals surface area contributed by atoms with Crippen LogP contribution in [0.1, 0.15) is 13.3 Å². The van der Waals surface area contributed by atoms with Gasteiger partial charge in [-0.3, -0.25) is 5.32 Å². The first-order valence-corrected chi connectivity index (χ1v) is 3.61. The van der Waals surface area contributed by atoms with Crippen LogP contribution < -0.4 is 5.32 Å². The van der Waals surface area contributed by atoms with E-state index in [0.717, 1.165) is 6.42 Å². The van der Waals surface area contributed by atoms with Crippen LogP contribution in [0.5, 0.6) is 0 Å². The molecule has 1 N–H and O–H groups in total. The highest BCUT2D eigenvalue weighted by Gasteiger charge is 1.98. The van der Waals surface area contributed by atoms with Crippen molar-refractivity contribution < 1.29 is 0 Å². The number of halogens is 1. The number of nitrogens with one attached hydrogen (secondary N) is 1. The van der Waals surface area contributed by atoms with Crippen molar-refractivity contribution in [1.29, 1.82) is 0 Å². The van der Waals surface area contributed by atoms with Gasteiger partial charge in [0.1, 0.15) is 0 Å². The molecule has 0 spiro atoms. The smallest absolute Gasteiger partial charge is 0.0687 e. The molecule has 0 aromatic heterocycles. The van der Waals surface area contributed by atoms with E-state index < -0.39 is 0 Å². The number of hydrogen-bond acceptors (Lipinski definition) is 1. The Balaban J connectivity index is 3.47. The molecule has 0 bridgehead atoms. The molecule has 1 unspecified atom stereocenters. The molecule has 0 aliphatic rings.